The van der Waals surface area contributed by atoms with Crippen molar-refractivity contribution in [1.82, 2.24) is 5.32 Å². The zero-order valence-electron chi connectivity index (χ0n) is 8.72. The van der Waals surface area contributed by atoms with Crippen LogP contribution in [-0.4, -0.2) is 13.1 Å². The molecule has 0 atom stereocenters. The molecule has 0 aliphatic carbocycles. The number of hydrogen-bond acceptors (Lipinski definition) is 1. The van der Waals surface area contributed by atoms with Crippen LogP contribution in [0.4, 0.5) is 0 Å². The fourth-order valence-corrected chi connectivity index (χ4v) is 1.32. The molecule has 0 unspecified atom stereocenters. The van der Waals surface area contributed by atoms with Crippen LogP contribution < -0.4 is 5.32 Å². The quantitative estimate of drug-likeness (QED) is 0.412. The zero-order chi connectivity index (χ0) is 10.1. The minimum Gasteiger partial charge on any atom is -0.366 e. The van der Waals surface area contributed by atoms with Crippen LogP contribution in [0.3, 0.4) is 0 Å². The number of hydrogen-bond donors (Lipinski definition) is 1. The smallest absolute Gasteiger partial charge is 0.366 e. The molecule has 1 aliphatic heterocycles. The Morgan fingerprint density at radius 2 is 1.60 bits per heavy atom. The van der Waals surface area contributed by atoms with Crippen LogP contribution in [-0.2, 0) is 22.4 Å². The van der Waals surface area contributed by atoms with Crippen LogP contribution in [0, 0.1) is 12.3 Å². The van der Waals surface area contributed by atoms with Gasteiger partial charge in [0.2, 0.25) is 0 Å². The van der Waals surface area contributed by atoms with Crippen molar-refractivity contribution in [3.63, 3.8) is 0 Å². The molecule has 1 aromatic carbocycles. The van der Waals surface area contributed by atoms with Crippen LogP contribution in [0.2, 0.25) is 0 Å². The third-order valence-corrected chi connectivity index (χ3v) is 2.13. The minimum atomic E-state index is 0. The molecule has 0 radical (unpaired) electrons. The molecule has 1 saturated heterocycles. The molecule has 1 N–H and O–H groups in total. The predicted octanol–water partition coefficient (Wildman–Crippen LogP) is 2.38. The van der Waals surface area contributed by atoms with Crippen LogP contribution in [0.15, 0.2) is 30.3 Å². The van der Waals surface area contributed by atoms with Gasteiger partial charge in [0.15, 0.2) is 0 Å². The summed E-state index contributed by atoms with van der Waals surface area (Å²) < 4.78 is 0. The van der Waals surface area contributed by atoms with Gasteiger partial charge in [-0.1, -0.05) is 24.6 Å². The average molecular weight is 383 g/mol. The number of rotatable bonds is 0. The second kappa shape index (κ2) is 10.0. The van der Waals surface area contributed by atoms with E-state index in [-0.39, 0.29) is 22.4 Å². The van der Waals surface area contributed by atoms with Crippen molar-refractivity contribution in [3.05, 3.63) is 42.3 Å². The molecule has 0 amide bonds. The summed E-state index contributed by atoms with van der Waals surface area (Å²) in [5.41, 5.74) is 0.826. The summed E-state index contributed by atoms with van der Waals surface area (Å²) >= 11 is 0. The summed E-state index contributed by atoms with van der Waals surface area (Å²) in [4.78, 5) is 0. The van der Waals surface area contributed by atoms with E-state index in [2.05, 4.69) is 11.2 Å². The monoisotopic (exact) mass is 383 g/mol. The maximum Gasteiger partial charge on any atom is 1.00 e. The Morgan fingerprint density at radius 1 is 1.00 bits per heavy atom. The standard InChI is InChI=1S/C8H5.C5H11N.Au/c1-2-8-6-4-3-5-7-8;1-2-4-6-5-3-1;/h3-7H;6H,1-5H2;/q-1;;+1. The molecular weight excluding hydrogens is 367 g/mol. The Bertz CT molecular complexity index is 261. The molecule has 1 heterocycles. The molecule has 1 aromatic rings. The first kappa shape index (κ1) is 14.5. The fourth-order valence-electron chi connectivity index (χ4n) is 1.32. The minimum absolute atomic E-state index is 0. The van der Waals surface area contributed by atoms with E-state index in [9.17, 15) is 0 Å². The van der Waals surface area contributed by atoms with Gasteiger partial charge in [-0.25, -0.2) is 0 Å². The molecule has 2 heteroatoms. The van der Waals surface area contributed by atoms with Crippen molar-refractivity contribution in [2.24, 2.45) is 0 Å². The first-order valence-electron chi connectivity index (χ1n) is 5.12. The van der Waals surface area contributed by atoms with Crippen molar-refractivity contribution in [2.75, 3.05) is 13.1 Å². The number of benzene rings is 1. The van der Waals surface area contributed by atoms with Crippen LogP contribution in [0.25, 0.3) is 0 Å². The van der Waals surface area contributed by atoms with Crippen LogP contribution in [0.5, 0.6) is 0 Å². The van der Waals surface area contributed by atoms with E-state index >= 15 is 0 Å². The summed E-state index contributed by atoms with van der Waals surface area (Å²) in [6.07, 6.45) is 10.9. The first-order chi connectivity index (χ1) is 6.93. The Morgan fingerprint density at radius 3 is 1.87 bits per heavy atom. The van der Waals surface area contributed by atoms with E-state index in [0.29, 0.717) is 0 Å². The SMILES string of the molecule is C1CCNCC1.[Au+].[C-]#Cc1ccccc1. The number of piperidine rings is 1. The first-order valence-corrected chi connectivity index (χ1v) is 5.12. The van der Waals surface area contributed by atoms with Crippen LogP contribution >= 0.6 is 0 Å². The van der Waals surface area contributed by atoms with Gasteiger partial charge in [-0.3, -0.25) is 5.92 Å². The van der Waals surface area contributed by atoms with E-state index in [0.717, 1.165) is 5.56 Å². The topological polar surface area (TPSA) is 12.0 Å². The second-order valence-corrected chi connectivity index (χ2v) is 3.30. The molecule has 0 bridgehead atoms. The number of nitrogens with one attached hydrogen (secondary N) is 1. The Hall–Kier alpha value is -0.520. The van der Waals surface area contributed by atoms with Gasteiger partial charge >= 0.3 is 22.4 Å². The van der Waals surface area contributed by atoms with Crippen molar-refractivity contribution in [1.29, 1.82) is 0 Å². The molecule has 84 valence electrons. The summed E-state index contributed by atoms with van der Waals surface area (Å²) in [6.45, 7) is 2.50. The molecule has 0 saturated carbocycles. The molecular formula is C13H16AuN. The van der Waals surface area contributed by atoms with Gasteiger partial charge in [0.1, 0.15) is 0 Å². The molecule has 15 heavy (non-hydrogen) atoms. The van der Waals surface area contributed by atoms with Crippen molar-refractivity contribution in [2.45, 2.75) is 19.3 Å². The summed E-state index contributed by atoms with van der Waals surface area (Å²) in [5.74, 6) is 2.28. The van der Waals surface area contributed by atoms with Gasteiger partial charge in [0.05, 0.1) is 0 Å². The summed E-state index contributed by atoms with van der Waals surface area (Å²) in [6, 6.07) is 9.37. The van der Waals surface area contributed by atoms with E-state index < -0.39 is 0 Å². The van der Waals surface area contributed by atoms with Gasteiger partial charge in [-0.2, -0.15) is 0 Å². The molecule has 0 aromatic heterocycles. The Kier molecular flexibility index (Phi) is 9.67. The Labute approximate surface area is 108 Å². The van der Waals surface area contributed by atoms with Gasteiger partial charge < -0.3 is 11.7 Å². The molecule has 2 rings (SSSR count). The Balaban J connectivity index is 0.000000253. The zero-order valence-corrected chi connectivity index (χ0v) is 10.9. The van der Waals surface area contributed by atoms with Crippen molar-refractivity contribution >= 4 is 0 Å². The summed E-state index contributed by atoms with van der Waals surface area (Å²) in [5, 5.41) is 3.28. The maximum absolute atomic E-state index is 6.69. The fraction of sp³-hybridized carbons (Fsp3) is 0.385. The van der Waals surface area contributed by atoms with E-state index in [1.807, 2.05) is 30.3 Å². The van der Waals surface area contributed by atoms with Gasteiger partial charge in [-0.15, -0.1) is 17.7 Å². The van der Waals surface area contributed by atoms with Crippen molar-refractivity contribution in [3.8, 4) is 5.92 Å². The van der Waals surface area contributed by atoms with Gasteiger partial charge in [0.25, 0.3) is 0 Å². The normalized spacial score (nSPS) is 13.8. The second-order valence-electron chi connectivity index (χ2n) is 3.30. The molecule has 1 nitrogen and oxygen atoms in total. The van der Waals surface area contributed by atoms with E-state index in [1.54, 1.807) is 0 Å². The average Bonchev–Trinajstić information content (AvgIpc) is 2.33. The molecule has 0 spiro atoms. The van der Waals surface area contributed by atoms with Crippen molar-refractivity contribution < 1.29 is 22.4 Å². The van der Waals surface area contributed by atoms with E-state index in [1.165, 1.54) is 32.4 Å². The largest absolute Gasteiger partial charge is 1.00 e. The van der Waals surface area contributed by atoms with Gasteiger partial charge in [0, 0.05) is 0 Å². The molecule has 1 aliphatic rings. The maximum atomic E-state index is 6.69. The van der Waals surface area contributed by atoms with Crippen LogP contribution in [0.1, 0.15) is 24.8 Å². The van der Waals surface area contributed by atoms with E-state index in [4.69, 9.17) is 6.42 Å². The van der Waals surface area contributed by atoms with Gasteiger partial charge in [-0.05, 0) is 25.9 Å². The summed E-state index contributed by atoms with van der Waals surface area (Å²) in [7, 11) is 0. The third-order valence-electron chi connectivity index (χ3n) is 2.13. The third kappa shape index (κ3) is 7.41. The molecule has 1 fully saturated rings. The predicted molar refractivity (Wildman–Crippen MR) is 59.4 cm³/mol.